The van der Waals surface area contributed by atoms with Crippen LogP contribution in [0.25, 0.3) is 11.0 Å². The van der Waals surface area contributed by atoms with Crippen LogP contribution in [-0.4, -0.2) is 14.7 Å². The van der Waals surface area contributed by atoms with Gasteiger partial charge in [0.25, 0.3) is 0 Å². The Morgan fingerprint density at radius 3 is 2.55 bits per heavy atom. The number of aryl methyl sites for hydroxylation is 1. The lowest BCUT2D eigenvalue weighted by Crippen LogP contribution is -2.17. The van der Waals surface area contributed by atoms with Gasteiger partial charge in [-0.25, -0.2) is 4.98 Å². The van der Waals surface area contributed by atoms with E-state index in [1.807, 2.05) is 48.0 Å². The average molecular weight is 267 g/mol. The van der Waals surface area contributed by atoms with Crippen molar-refractivity contribution in [3.8, 4) is 5.75 Å². The van der Waals surface area contributed by atoms with Crippen LogP contribution in [0.4, 0.5) is 0 Å². The molecule has 4 heteroatoms. The molecular weight excluding hydrogens is 250 g/mol. The fourth-order valence-electron chi connectivity index (χ4n) is 2.47. The Bertz CT molecular complexity index is 731. The molecule has 4 nitrogen and oxygen atoms in total. The van der Waals surface area contributed by atoms with Gasteiger partial charge in [-0.3, -0.25) is 0 Å². The van der Waals surface area contributed by atoms with Gasteiger partial charge in [-0.2, -0.15) is 0 Å². The number of aromatic nitrogens is 2. The Labute approximate surface area is 117 Å². The van der Waals surface area contributed by atoms with Crippen molar-refractivity contribution in [2.45, 2.75) is 12.5 Å². The molecule has 20 heavy (non-hydrogen) atoms. The predicted molar refractivity (Wildman–Crippen MR) is 79.5 cm³/mol. The summed E-state index contributed by atoms with van der Waals surface area (Å²) in [7, 11) is 1.99. The number of fused-ring (bicyclic) bond motifs is 1. The monoisotopic (exact) mass is 267 g/mol. The molecule has 1 atom stereocenters. The zero-order valence-electron chi connectivity index (χ0n) is 11.3. The maximum atomic E-state index is 9.30. The third kappa shape index (κ3) is 2.26. The van der Waals surface area contributed by atoms with Gasteiger partial charge in [-0.15, -0.1) is 0 Å². The number of hydrogen-bond donors (Lipinski definition) is 2. The summed E-state index contributed by atoms with van der Waals surface area (Å²) in [5, 5.41) is 9.30. The van der Waals surface area contributed by atoms with E-state index in [0.29, 0.717) is 6.42 Å². The van der Waals surface area contributed by atoms with Crippen molar-refractivity contribution in [3.63, 3.8) is 0 Å². The second-order valence-electron chi connectivity index (χ2n) is 4.99. The summed E-state index contributed by atoms with van der Waals surface area (Å²) in [6.07, 6.45) is 0.692. The molecule has 0 radical (unpaired) electrons. The number of hydrogen-bond acceptors (Lipinski definition) is 3. The third-order valence-corrected chi connectivity index (χ3v) is 3.55. The lowest BCUT2D eigenvalue weighted by molar-refractivity contribution is 0.475. The molecule has 1 aromatic heterocycles. The van der Waals surface area contributed by atoms with Crippen molar-refractivity contribution in [1.82, 2.24) is 9.55 Å². The van der Waals surface area contributed by atoms with E-state index in [0.717, 1.165) is 22.4 Å². The maximum absolute atomic E-state index is 9.30. The molecule has 0 saturated carbocycles. The molecule has 0 fully saturated rings. The Balaban J connectivity index is 1.90. The summed E-state index contributed by atoms with van der Waals surface area (Å²) in [6, 6.07) is 15.0. The number of imidazole rings is 1. The molecule has 1 unspecified atom stereocenters. The second-order valence-corrected chi connectivity index (χ2v) is 4.99. The van der Waals surface area contributed by atoms with Gasteiger partial charge in [0.15, 0.2) is 0 Å². The number of aromatic hydroxyl groups is 1. The van der Waals surface area contributed by atoms with Crippen molar-refractivity contribution < 1.29 is 5.11 Å². The van der Waals surface area contributed by atoms with Crippen molar-refractivity contribution in [1.29, 1.82) is 0 Å². The first kappa shape index (κ1) is 12.7. The molecule has 0 aliphatic rings. The zero-order valence-corrected chi connectivity index (χ0v) is 11.3. The minimum atomic E-state index is -0.169. The van der Waals surface area contributed by atoms with E-state index in [-0.39, 0.29) is 11.8 Å². The molecule has 0 saturated heterocycles. The number of benzene rings is 2. The summed E-state index contributed by atoms with van der Waals surface area (Å²) in [6.45, 7) is 0. The highest BCUT2D eigenvalue weighted by Gasteiger charge is 2.15. The summed E-state index contributed by atoms with van der Waals surface area (Å²) >= 11 is 0. The average Bonchev–Trinajstić information content (AvgIpc) is 2.79. The highest BCUT2D eigenvalue weighted by Crippen LogP contribution is 2.21. The van der Waals surface area contributed by atoms with E-state index in [2.05, 4.69) is 4.98 Å². The van der Waals surface area contributed by atoms with Crippen molar-refractivity contribution >= 4 is 11.0 Å². The van der Waals surface area contributed by atoms with E-state index in [1.54, 1.807) is 12.1 Å². The lowest BCUT2D eigenvalue weighted by atomic mass is 10.1. The first-order chi connectivity index (χ1) is 9.65. The minimum absolute atomic E-state index is 0.169. The Morgan fingerprint density at radius 2 is 1.85 bits per heavy atom. The molecule has 0 bridgehead atoms. The standard InChI is InChI=1S/C16H17N3O/c1-19-15-5-3-2-4-14(15)18-16(19)13(17)10-11-6-8-12(20)9-7-11/h2-9,13,20H,10,17H2,1H3. The van der Waals surface area contributed by atoms with Crippen molar-refractivity contribution in [3.05, 3.63) is 59.9 Å². The second kappa shape index (κ2) is 4.98. The van der Waals surface area contributed by atoms with Gasteiger partial charge in [0, 0.05) is 7.05 Å². The number of para-hydroxylation sites is 2. The molecule has 0 aliphatic carbocycles. The van der Waals surface area contributed by atoms with Gasteiger partial charge in [0.1, 0.15) is 11.6 Å². The Kier molecular flexibility index (Phi) is 3.16. The molecule has 3 rings (SSSR count). The van der Waals surface area contributed by atoms with E-state index >= 15 is 0 Å². The highest BCUT2D eigenvalue weighted by molar-refractivity contribution is 5.75. The van der Waals surface area contributed by atoms with Crippen LogP contribution in [0.2, 0.25) is 0 Å². The van der Waals surface area contributed by atoms with Gasteiger partial charge in [-0.1, -0.05) is 24.3 Å². The van der Waals surface area contributed by atoms with E-state index in [1.165, 1.54) is 0 Å². The quantitative estimate of drug-likeness (QED) is 0.766. The largest absolute Gasteiger partial charge is 0.508 e. The third-order valence-electron chi connectivity index (χ3n) is 3.55. The van der Waals surface area contributed by atoms with E-state index in [9.17, 15) is 5.11 Å². The lowest BCUT2D eigenvalue weighted by Gasteiger charge is -2.12. The van der Waals surface area contributed by atoms with Crippen LogP contribution in [0.5, 0.6) is 5.75 Å². The fourth-order valence-corrected chi connectivity index (χ4v) is 2.47. The van der Waals surface area contributed by atoms with E-state index < -0.39 is 0 Å². The van der Waals surface area contributed by atoms with Crippen LogP contribution >= 0.6 is 0 Å². The molecule has 3 aromatic rings. The van der Waals surface area contributed by atoms with Crippen molar-refractivity contribution in [2.75, 3.05) is 0 Å². The smallest absolute Gasteiger partial charge is 0.126 e. The molecule has 3 N–H and O–H groups in total. The number of phenolic OH excluding ortho intramolecular Hbond substituents is 1. The topological polar surface area (TPSA) is 64.1 Å². The molecule has 0 aliphatic heterocycles. The first-order valence-electron chi connectivity index (χ1n) is 6.60. The zero-order chi connectivity index (χ0) is 14.1. The molecule has 2 aromatic carbocycles. The number of phenols is 1. The molecule has 102 valence electrons. The van der Waals surface area contributed by atoms with Crippen LogP contribution in [0.15, 0.2) is 48.5 Å². The Morgan fingerprint density at radius 1 is 1.15 bits per heavy atom. The number of rotatable bonds is 3. The molecule has 0 amide bonds. The summed E-state index contributed by atoms with van der Waals surface area (Å²) in [4.78, 5) is 4.61. The van der Waals surface area contributed by atoms with Gasteiger partial charge in [0.2, 0.25) is 0 Å². The summed E-state index contributed by atoms with van der Waals surface area (Å²) < 4.78 is 2.04. The van der Waals surface area contributed by atoms with Crippen molar-refractivity contribution in [2.24, 2.45) is 12.8 Å². The fraction of sp³-hybridized carbons (Fsp3) is 0.188. The Hall–Kier alpha value is -2.33. The van der Waals surface area contributed by atoms with E-state index in [4.69, 9.17) is 5.73 Å². The first-order valence-corrected chi connectivity index (χ1v) is 6.60. The number of nitrogens with two attached hydrogens (primary N) is 1. The minimum Gasteiger partial charge on any atom is -0.508 e. The maximum Gasteiger partial charge on any atom is 0.126 e. The normalized spacial score (nSPS) is 12.7. The summed E-state index contributed by atoms with van der Waals surface area (Å²) in [5.74, 6) is 1.14. The van der Waals surface area contributed by atoms with Crippen LogP contribution in [-0.2, 0) is 13.5 Å². The van der Waals surface area contributed by atoms with Crippen LogP contribution in [0, 0.1) is 0 Å². The highest BCUT2D eigenvalue weighted by atomic mass is 16.3. The van der Waals surface area contributed by atoms with Crippen LogP contribution < -0.4 is 5.73 Å². The number of nitrogens with zero attached hydrogens (tertiary/aromatic N) is 2. The van der Waals surface area contributed by atoms with Gasteiger partial charge in [-0.05, 0) is 36.2 Å². The molecule has 1 heterocycles. The molecule has 0 spiro atoms. The van der Waals surface area contributed by atoms with Gasteiger partial charge < -0.3 is 15.4 Å². The van der Waals surface area contributed by atoms with Crippen LogP contribution in [0.3, 0.4) is 0 Å². The van der Waals surface area contributed by atoms with Crippen LogP contribution in [0.1, 0.15) is 17.4 Å². The SMILES string of the molecule is Cn1c(C(N)Cc2ccc(O)cc2)nc2ccccc21. The summed E-state index contributed by atoms with van der Waals surface area (Å²) in [5.41, 5.74) is 9.42. The molecular formula is C16H17N3O. The predicted octanol–water partition coefficient (Wildman–Crippen LogP) is 2.52. The van der Waals surface area contributed by atoms with Gasteiger partial charge in [0.05, 0.1) is 17.1 Å². The van der Waals surface area contributed by atoms with Gasteiger partial charge >= 0.3 is 0 Å².